The van der Waals surface area contributed by atoms with E-state index in [0.29, 0.717) is 11.4 Å². The van der Waals surface area contributed by atoms with E-state index in [-0.39, 0.29) is 23.4 Å². The minimum absolute atomic E-state index is 0.0979. The molecule has 0 bridgehead atoms. The number of anilines is 5. The molecule has 0 spiro atoms. The summed E-state index contributed by atoms with van der Waals surface area (Å²) < 4.78 is 39.4. The van der Waals surface area contributed by atoms with E-state index in [2.05, 4.69) is 25.9 Å². The van der Waals surface area contributed by atoms with Crippen LogP contribution in [0.3, 0.4) is 0 Å². The average Bonchev–Trinajstić information content (AvgIpc) is 2.63. The Morgan fingerprint density at radius 1 is 0.929 bits per heavy atom. The van der Waals surface area contributed by atoms with E-state index in [1.165, 1.54) is 37.4 Å². The Bertz CT molecular complexity index is 974. The Balaban J connectivity index is 1.76. The number of carbonyl (C=O) groups is 1. The Morgan fingerprint density at radius 2 is 1.61 bits per heavy atom. The third kappa shape index (κ3) is 4.97. The zero-order chi connectivity index (χ0) is 20.1. The molecular weight excluding hydrogens is 371 g/mol. The fraction of sp³-hybridized carbons (Fsp3) is 0.105. The molecule has 0 saturated heterocycles. The Labute approximate surface area is 158 Å². The lowest BCUT2D eigenvalue weighted by atomic mass is 10.1. The van der Waals surface area contributed by atoms with E-state index in [0.717, 1.165) is 6.07 Å². The van der Waals surface area contributed by atoms with Crippen molar-refractivity contribution in [3.8, 4) is 0 Å². The number of para-hydroxylation sites is 1. The van der Waals surface area contributed by atoms with Crippen molar-refractivity contribution in [1.82, 2.24) is 9.97 Å². The van der Waals surface area contributed by atoms with E-state index >= 15 is 0 Å². The van der Waals surface area contributed by atoms with Gasteiger partial charge < -0.3 is 16.0 Å². The number of alkyl halides is 3. The van der Waals surface area contributed by atoms with E-state index in [4.69, 9.17) is 0 Å². The molecular formula is C19H16F3N5O. The Kier molecular flexibility index (Phi) is 5.44. The smallest absolute Gasteiger partial charge is 0.340 e. The molecule has 0 atom stereocenters. The maximum atomic E-state index is 13.1. The van der Waals surface area contributed by atoms with Crippen LogP contribution in [-0.4, -0.2) is 15.9 Å². The monoisotopic (exact) mass is 387 g/mol. The normalized spacial score (nSPS) is 11.0. The standard InChI is InChI=1S/C19H16F3N5O/c1-12(28)24-13-6-8-14(9-7-13)25-18-23-11-10-17(27-18)26-16-5-3-2-4-15(16)19(20,21)22/h2-11H,1H3,(H,24,28)(H2,23,25,26,27). The van der Waals surface area contributed by atoms with Gasteiger partial charge in [-0.05, 0) is 42.5 Å². The molecule has 0 saturated carbocycles. The first-order chi connectivity index (χ1) is 13.3. The van der Waals surface area contributed by atoms with Crippen molar-refractivity contribution >= 4 is 34.7 Å². The van der Waals surface area contributed by atoms with Crippen LogP contribution in [0.15, 0.2) is 60.8 Å². The molecule has 28 heavy (non-hydrogen) atoms. The Hall–Kier alpha value is -3.62. The van der Waals surface area contributed by atoms with Gasteiger partial charge in [-0.15, -0.1) is 0 Å². The maximum absolute atomic E-state index is 13.1. The first-order valence-electron chi connectivity index (χ1n) is 8.22. The predicted molar refractivity (Wildman–Crippen MR) is 101 cm³/mol. The van der Waals surface area contributed by atoms with Crippen molar-refractivity contribution in [2.45, 2.75) is 13.1 Å². The number of amides is 1. The highest BCUT2D eigenvalue weighted by Crippen LogP contribution is 2.35. The van der Waals surface area contributed by atoms with Crippen LogP contribution in [0.1, 0.15) is 12.5 Å². The molecule has 6 nitrogen and oxygen atoms in total. The van der Waals surface area contributed by atoms with Gasteiger partial charge in [-0.3, -0.25) is 4.79 Å². The van der Waals surface area contributed by atoms with Crippen LogP contribution in [0.5, 0.6) is 0 Å². The van der Waals surface area contributed by atoms with Gasteiger partial charge in [0.1, 0.15) is 5.82 Å². The van der Waals surface area contributed by atoms with E-state index in [9.17, 15) is 18.0 Å². The summed E-state index contributed by atoms with van der Waals surface area (Å²) in [6, 6.07) is 13.5. The van der Waals surface area contributed by atoms with Gasteiger partial charge in [-0.25, -0.2) is 4.98 Å². The van der Waals surface area contributed by atoms with Gasteiger partial charge in [0.2, 0.25) is 11.9 Å². The summed E-state index contributed by atoms with van der Waals surface area (Å²) in [6.07, 6.45) is -3.05. The molecule has 0 radical (unpaired) electrons. The number of hydrogen-bond donors (Lipinski definition) is 3. The van der Waals surface area contributed by atoms with Crippen molar-refractivity contribution < 1.29 is 18.0 Å². The van der Waals surface area contributed by atoms with E-state index in [1.54, 1.807) is 24.3 Å². The summed E-state index contributed by atoms with van der Waals surface area (Å²) >= 11 is 0. The van der Waals surface area contributed by atoms with Gasteiger partial charge in [0.15, 0.2) is 0 Å². The van der Waals surface area contributed by atoms with Crippen LogP contribution in [0.25, 0.3) is 0 Å². The number of aromatic nitrogens is 2. The van der Waals surface area contributed by atoms with Gasteiger partial charge in [0, 0.05) is 24.5 Å². The molecule has 1 amide bonds. The van der Waals surface area contributed by atoms with Crippen molar-refractivity contribution in [2.24, 2.45) is 0 Å². The van der Waals surface area contributed by atoms with Crippen molar-refractivity contribution in [3.05, 3.63) is 66.4 Å². The number of benzene rings is 2. The van der Waals surface area contributed by atoms with Crippen LogP contribution in [0.2, 0.25) is 0 Å². The third-order valence-electron chi connectivity index (χ3n) is 3.61. The van der Waals surface area contributed by atoms with Gasteiger partial charge in [-0.2, -0.15) is 18.2 Å². The minimum atomic E-state index is -4.48. The van der Waals surface area contributed by atoms with Gasteiger partial charge >= 0.3 is 6.18 Å². The second-order valence-electron chi connectivity index (χ2n) is 5.82. The van der Waals surface area contributed by atoms with E-state index in [1.807, 2.05) is 0 Å². The molecule has 3 aromatic rings. The van der Waals surface area contributed by atoms with Crippen LogP contribution >= 0.6 is 0 Å². The third-order valence-corrected chi connectivity index (χ3v) is 3.61. The molecule has 2 aromatic carbocycles. The van der Waals surface area contributed by atoms with Crippen molar-refractivity contribution in [3.63, 3.8) is 0 Å². The molecule has 1 heterocycles. The fourth-order valence-electron chi connectivity index (χ4n) is 2.44. The minimum Gasteiger partial charge on any atom is -0.340 e. The van der Waals surface area contributed by atoms with Gasteiger partial charge in [-0.1, -0.05) is 12.1 Å². The molecule has 0 aliphatic heterocycles. The Morgan fingerprint density at radius 3 is 2.29 bits per heavy atom. The van der Waals surface area contributed by atoms with Gasteiger partial charge in [0.05, 0.1) is 11.3 Å². The number of carbonyl (C=O) groups excluding carboxylic acids is 1. The van der Waals surface area contributed by atoms with Crippen LogP contribution < -0.4 is 16.0 Å². The molecule has 144 valence electrons. The summed E-state index contributed by atoms with van der Waals surface area (Å²) in [6.45, 7) is 1.41. The second-order valence-corrected chi connectivity index (χ2v) is 5.82. The lowest BCUT2D eigenvalue weighted by molar-refractivity contribution is -0.136. The number of nitrogens with one attached hydrogen (secondary N) is 3. The van der Waals surface area contributed by atoms with Crippen molar-refractivity contribution in [2.75, 3.05) is 16.0 Å². The fourth-order valence-corrected chi connectivity index (χ4v) is 2.44. The molecule has 0 aliphatic rings. The quantitative estimate of drug-likeness (QED) is 0.578. The van der Waals surface area contributed by atoms with Crippen LogP contribution in [0.4, 0.5) is 42.0 Å². The molecule has 3 N–H and O–H groups in total. The second kappa shape index (κ2) is 7.95. The molecule has 0 fully saturated rings. The molecule has 1 aromatic heterocycles. The number of hydrogen-bond acceptors (Lipinski definition) is 5. The first kappa shape index (κ1) is 19.2. The zero-order valence-corrected chi connectivity index (χ0v) is 14.7. The summed E-state index contributed by atoms with van der Waals surface area (Å²) in [5, 5.41) is 8.29. The molecule has 9 heteroatoms. The van der Waals surface area contributed by atoms with Crippen LogP contribution in [-0.2, 0) is 11.0 Å². The number of halogens is 3. The summed E-state index contributed by atoms with van der Waals surface area (Å²) in [5.41, 5.74) is 0.413. The topological polar surface area (TPSA) is 78.9 Å². The highest BCUT2D eigenvalue weighted by molar-refractivity contribution is 5.88. The molecule has 0 unspecified atom stereocenters. The van der Waals surface area contributed by atoms with Crippen molar-refractivity contribution in [1.29, 1.82) is 0 Å². The first-order valence-corrected chi connectivity index (χ1v) is 8.22. The summed E-state index contributed by atoms with van der Waals surface area (Å²) in [5.74, 6) is 0.243. The van der Waals surface area contributed by atoms with Gasteiger partial charge in [0.25, 0.3) is 0 Å². The lowest BCUT2D eigenvalue weighted by Crippen LogP contribution is -2.09. The highest BCUT2D eigenvalue weighted by atomic mass is 19.4. The maximum Gasteiger partial charge on any atom is 0.418 e. The average molecular weight is 387 g/mol. The largest absolute Gasteiger partial charge is 0.418 e. The zero-order valence-electron chi connectivity index (χ0n) is 14.7. The summed E-state index contributed by atoms with van der Waals surface area (Å²) in [4.78, 5) is 19.3. The lowest BCUT2D eigenvalue weighted by Gasteiger charge is -2.14. The SMILES string of the molecule is CC(=O)Nc1ccc(Nc2nccc(Nc3ccccc3C(F)(F)F)n2)cc1. The molecule has 3 rings (SSSR count). The molecule has 0 aliphatic carbocycles. The van der Waals surface area contributed by atoms with E-state index < -0.39 is 11.7 Å². The van der Waals surface area contributed by atoms with Crippen LogP contribution in [0, 0.1) is 0 Å². The number of rotatable bonds is 5. The summed E-state index contributed by atoms with van der Waals surface area (Å²) in [7, 11) is 0. The predicted octanol–water partition coefficient (Wildman–Crippen LogP) is 4.94. The highest BCUT2D eigenvalue weighted by Gasteiger charge is 2.33. The number of nitrogens with zero attached hydrogens (tertiary/aromatic N) is 2.